The molecule has 1 aliphatic carbocycles. The molecule has 0 atom stereocenters. The highest BCUT2D eigenvalue weighted by Crippen LogP contribution is 2.34. The van der Waals surface area contributed by atoms with Crippen molar-refractivity contribution in [2.75, 3.05) is 13.7 Å². The van der Waals surface area contributed by atoms with Crippen LogP contribution in [0.5, 0.6) is 0 Å². The van der Waals surface area contributed by atoms with Crippen LogP contribution in [0.1, 0.15) is 17.7 Å². The molecule has 3 aromatic heterocycles. The normalized spacial score (nSPS) is 13.2. The lowest BCUT2D eigenvalue weighted by atomic mass is 10.2. The van der Waals surface area contributed by atoms with E-state index in [1.165, 1.54) is 17.3 Å². The number of aryl methyl sites for hydroxylation is 1. The summed E-state index contributed by atoms with van der Waals surface area (Å²) in [6, 6.07) is 3.87. The van der Waals surface area contributed by atoms with Gasteiger partial charge in [0.2, 0.25) is 5.16 Å². The molecule has 0 bridgehead atoms. The van der Waals surface area contributed by atoms with E-state index in [0.29, 0.717) is 24.1 Å². The zero-order valence-electron chi connectivity index (χ0n) is 13.8. The molecule has 0 unspecified atom stereocenters. The van der Waals surface area contributed by atoms with Gasteiger partial charge in [-0.3, -0.25) is 4.98 Å². The average molecular weight is 355 g/mol. The van der Waals surface area contributed by atoms with E-state index in [4.69, 9.17) is 14.7 Å². The van der Waals surface area contributed by atoms with Crippen LogP contribution in [0.2, 0.25) is 0 Å². The number of methoxy groups -OCH3 is 1. The number of ether oxygens (including phenoxy) is 1. The van der Waals surface area contributed by atoms with Gasteiger partial charge in [-0.2, -0.15) is 0 Å². The van der Waals surface area contributed by atoms with Crippen LogP contribution in [0.15, 0.2) is 34.7 Å². The van der Waals surface area contributed by atoms with Gasteiger partial charge in [0.05, 0.1) is 13.2 Å². The molecule has 3 aromatic rings. The Balaban J connectivity index is 1.70. The van der Waals surface area contributed by atoms with Gasteiger partial charge in [-0.1, -0.05) is 0 Å². The molecule has 0 fully saturated rings. The molecule has 0 aromatic carbocycles. The second-order valence-corrected chi connectivity index (χ2v) is 6.61. The summed E-state index contributed by atoms with van der Waals surface area (Å²) in [6.45, 7) is 1.16. The van der Waals surface area contributed by atoms with Crippen molar-refractivity contribution < 1.29 is 4.74 Å². The van der Waals surface area contributed by atoms with Gasteiger partial charge in [-0.15, -0.1) is 5.10 Å². The molecule has 0 aliphatic heterocycles. The number of rotatable bonds is 6. The Kier molecular flexibility index (Phi) is 4.66. The van der Waals surface area contributed by atoms with Gasteiger partial charge in [0.15, 0.2) is 5.82 Å². The van der Waals surface area contributed by atoms with E-state index < -0.39 is 0 Å². The lowest BCUT2D eigenvalue weighted by Gasteiger charge is -2.09. The standard InChI is InChI=1S/C16H17N7OS/c1-24-9-8-23-16(20-21-22-23)25-15-12-5-2-6-13(12)18-14(19-15)11-4-3-7-17-10-11/h3-4,7,10H,2,5-6,8-9H2,1H3. The van der Waals surface area contributed by atoms with Crippen molar-refractivity contribution in [3.63, 3.8) is 0 Å². The molecule has 4 rings (SSSR count). The fourth-order valence-electron chi connectivity index (χ4n) is 2.78. The van der Waals surface area contributed by atoms with Gasteiger partial charge >= 0.3 is 0 Å². The Labute approximate surface area is 149 Å². The fraction of sp³-hybridized carbons (Fsp3) is 0.375. The highest BCUT2D eigenvalue weighted by Gasteiger charge is 2.22. The molecule has 0 radical (unpaired) electrons. The van der Waals surface area contributed by atoms with Crippen molar-refractivity contribution in [2.24, 2.45) is 0 Å². The summed E-state index contributed by atoms with van der Waals surface area (Å²) in [5.41, 5.74) is 3.24. The summed E-state index contributed by atoms with van der Waals surface area (Å²) in [7, 11) is 1.66. The Morgan fingerprint density at radius 1 is 1.28 bits per heavy atom. The van der Waals surface area contributed by atoms with E-state index in [1.54, 1.807) is 24.2 Å². The first kappa shape index (κ1) is 16.1. The molecule has 1 aliphatic rings. The predicted molar refractivity (Wildman–Crippen MR) is 91.1 cm³/mol. The zero-order valence-corrected chi connectivity index (χ0v) is 14.6. The van der Waals surface area contributed by atoms with Crippen LogP contribution in [-0.4, -0.2) is 48.9 Å². The van der Waals surface area contributed by atoms with Crippen LogP contribution in [0.4, 0.5) is 0 Å². The number of tetrazole rings is 1. The number of hydrogen-bond acceptors (Lipinski definition) is 8. The van der Waals surface area contributed by atoms with Crippen molar-refractivity contribution in [3.05, 3.63) is 35.8 Å². The molecule has 3 heterocycles. The maximum absolute atomic E-state index is 5.11. The van der Waals surface area contributed by atoms with Gasteiger partial charge in [0, 0.05) is 36.3 Å². The average Bonchev–Trinajstić information content (AvgIpc) is 3.30. The zero-order chi connectivity index (χ0) is 17.1. The molecule has 0 saturated heterocycles. The van der Waals surface area contributed by atoms with Crippen LogP contribution in [0, 0.1) is 0 Å². The number of nitrogens with zero attached hydrogens (tertiary/aromatic N) is 7. The van der Waals surface area contributed by atoms with E-state index >= 15 is 0 Å². The maximum Gasteiger partial charge on any atom is 0.215 e. The minimum Gasteiger partial charge on any atom is -0.383 e. The molecule has 0 amide bonds. The van der Waals surface area contributed by atoms with Gasteiger partial charge in [0.1, 0.15) is 5.03 Å². The van der Waals surface area contributed by atoms with Crippen LogP contribution in [0.3, 0.4) is 0 Å². The lowest BCUT2D eigenvalue weighted by molar-refractivity contribution is 0.180. The first-order valence-electron chi connectivity index (χ1n) is 8.08. The van der Waals surface area contributed by atoms with Crippen LogP contribution in [0.25, 0.3) is 11.4 Å². The minimum atomic E-state index is 0.557. The third kappa shape index (κ3) is 3.38. The summed E-state index contributed by atoms with van der Waals surface area (Å²) in [5, 5.41) is 13.6. The molecular weight excluding hydrogens is 338 g/mol. The molecule has 0 spiro atoms. The summed E-state index contributed by atoms with van der Waals surface area (Å²) < 4.78 is 6.85. The Hall–Kier alpha value is -2.39. The second kappa shape index (κ2) is 7.24. The summed E-state index contributed by atoms with van der Waals surface area (Å²) in [6.07, 6.45) is 6.60. The van der Waals surface area contributed by atoms with Gasteiger partial charge in [-0.05, 0) is 53.6 Å². The molecule has 8 nitrogen and oxygen atoms in total. The molecule has 0 saturated carbocycles. The van der Waals surface area contributed by atoms with Crippen molar-refractivity contribution in [1.82, 2.24) is 35.2 Å². The van der Waals surface area contributed by atoms with E-state index in [1.807, 2.05) is 12.1 Å². The highest BCUT2D eigenvalue weighted by molar-refractivity contribution is 7.99. The van der Waals surface area contributed by atoms with Crippen LogP contribution < -0.4 is 0 Å². The SMILES string of the molecule is COCCn1nnnc1Sc1nc(-c2cccnc2)nc2c1CCC2. The van der Waals surface area contributed by atoms with Gasteiger partial charge in [-0.25, -0.2) is 14.6 Å². The lowest BCUT2D eigenvalue weighted by Crippen LogP contribution is -2.08. The number of aromatic nitrogens is 7. The number of hydrogen-bond donors (Lipinski definition) is 0. The first-order valence-corrected chi connectivity index (χ1v) is 8.90. The summed E-state index contributed by atoms with van der Waals surface area (Å²) in [4.78, 5) is 13.7. The van der Waals surface area contributed by atoms with E-state index in [-0.39, 0.29) is 0 Å². The highest BCUT2D eigenvalue weighted by atomic mass is 32.2. The van der Waals surface area contributed by atoms with Crippen LogP contribution in [-0.2, 0) is 24.1 Å². The van der Waals surface area contributed by atoms with E-state index in [0.717, 1.165) is 35.5 Å². The Morgan fingerprint density at radius 2 is 2.24 bits per heavy atom. The molecule has 9 heteroatoms. The Bertz CT molecular complexity index is 868. The second-order valence-electron chi connectivity index (χ2n) is 5.65. The largest absolute Gasteiger partial charge is 0.383 e. The van der Waals surface area contributed by atoms with Crippen molar-refractivity contribution >= 4 is 11.8 Å². The van der Waals surface area contributed by atoms with Crippen molar-refractivity contribution in [3.8, 4) is 11.4 Å². The van der Waals surface area contributed by atoms with Gasteiger partial charge < -0.3 is 4.74 Å². The molecule has 128 valence electrons. The molecule has 25 heavy (non-hydrogen) atoms. The smallest absolute Gasteiger partial charge is 0.215 e. The first-order chi connectivity index (χ1) is 12.3. The minimum absolute atomic E-state index is 0.557. The quantitative estimate of drug-likeness (QED) is 0.618. The van der Waals surface area contributed by atoms with Gasteiger partial charge in [0.25, 0.3) is 0 Å². The third-order valence-corrected chi connectivity index (χ3v) is 5.02. The topological polar surface area (TPSA) is 91.5 Å². The monoisotopic (exact) mass is 355 g/mol. The predicted octanol–water partition coefficient (Wildman–Crippen LogP) is 1.81. The van der Waals surface area contributed by atoms with Crippen LogP contribution >= 0.6 is 11.8 Å². The Morgan fingerprint density at radius 3 is 3.08 bits per heavy atom. The van der Waals surface area contributed by atoms with E-state index in [2.05, 4.69) is 20.5 Å². The molecule has 0 N–H and O–H groups in total. The molecular formula is C16H17N7OS. The third-order valence-electron chi connectivity index (χ3n) is 4.01. The summed E-state index contributed by atoms with van der Waals surface area (Å²) in [5.74, 6) is 0.701. The van der Waals surface area contributed by atoms with Crippen molar-refractivity contribution in [2.45, 2.75) is 36.0 Å². The number of pyridine rings is 1. The maximum atomic E-state index is 5.11. The fourth-order valence-corrected chi connectivity index (χ4v) is 3.74. The number of fused-ring (bicyclic) bond motifs is 1. The summed E-state index contributed by atoms with van der Waals surface area (Å²) >= 11 is 1.49. The van der Waals surface area contributed by atoms with Crippen molar-refractivity contribution in [1.29, 1.82) is 0 Å². The van der Waals surface area contributed by atoms with E-state index in [9.17, 15) is 0 Å².